The van der Waals surface area contributed by atoms with Crippen molar-refractivity contribution in [1.82, 2.24) is 0 Å². The minimum Gasteiger partial charge on any atom is -0.478 e. The number of carboxylic acids is 1. The number of nitrogens with one attached hydrogen (secondary N) is 1. The number of amides is 1. The first kappa shape index (κ1) is 12.6. The number of carboxylic acid groups (broad SMARTS) is 1. The van der Waals surface area contributed by atoms with E-state index < -0.39 is 41.2 Å². The van der Waals surface area contributed by atoms with Crippen molar-refractivity contribution in [3.8, 4) is 6.07 Å². The summed E-state index contributed by atoms with van der Waals surface area (Å²) in [6.45, 7) is 0. The second-order valence-corrected chi connectivity index (χ2v) is 2.97. The lowest BCUT2D eigenvalue weighted by molar-refractivity contribution is -0.115. The third-order valence-electron chi connectivity index (χ3n) is 1.82. The highest BCUT2D eigenvalue weighted by Gasteiger charge is 2.21. The van der Waals surface area contributed by atoms with Crippen LogP contribution in [0.15, 0.2) is 12.1 Å². The Morgan fingerprint density at radius 3 is 2.47 bits per heavy atom. The largest absolute Gasteiger partial charge is 0.478 e. The lowest BCUT2D eigenvalue weighted by Crippen LogP contribution is -2.16. The van der Waals surface area contributed by atoms with Crippen molar-refractivity contribution >= 4 is 17.6 Å². The highest BCUT2D eigenvalue weighted by Crippen LogP contribution is 2.23. The van der Waals surface area contributed by atoms with E-state index in [-0.39, 0.29) is 0 Å². The summed E-state index contributed by atoms with van der Waals surface area (Å²) in [4.78, 5) is 21.7. The van der Waals surface area contributed by atoms with E-state index in [1.54, 1.807) is 0 Å². The number of carbonyl (C=O) groups excluding carboxylic acids is 1. The van der Waals surface area contributed by atoms with Gasteiger partial charge in [0.05, 0.1) is 11.8 Å². The van der Waals surface area contributed by atoms with Crippen LogP contribution in [0.5, 0.6) is 0 Å². The monoisotopic (exact) mass is 240 g/mol. The molecule has 0 radical (unpaired) electrons. The van der Waals surface area contributed by atoms with Crippen molar-refractivity contribution in [3.63, 3.8) is 0 Å². The summed E-state index contributed by atoms with van der Waals surface area (Å²) in [5.41, 5.74) is -1.76. The summed E-state index contributed by atoms with van der Waals surface area (Å²) < 4.78 is 26.4. The fourth-order valence-electron chi connectivity index (χ4n) is 1.14. The minimum absolute atomic E-state index is 0.588. The van der Waals surface area contributed by atoms with Crippen molar-refractivity contribution in [2.24, 2.45) is 0 Å². The highest BCUT2D eigenvalue weighted by atomic mass is 19.1. The molecule has 0 fully saturated rings. The Bertz CT molecular complexity index is 523. The number of hydrogen-bond donors (Lipinski definition) is 2. The lowest BCUT2D eigenvalue weighted by atomic mass is 10.1. The van der Waals surface area contributed by atoms with Crippen LogP contribution < -0.4 is 5.32 Å². The molecule has 88 valence electrons. The number of hydrogen-bond acceptors (Lipinski definition) is 3. The average molecular weight is 240 g/mol. The maximum atomic E-state index is 13.3. The number of aromatic carboxylic acids is 1. The number of benzene rings is 1. The zero-order chi connectivity index (χ0) is 13.0. The molecule has 0 bridgehead atoms. The van der Waals surface area contributed by atoms with Crippen molar-refractivity contribution < 1.29 is 23.5 Å². The molecule has 0 saturated carbocycles. The van der Waals surface area contributed by atoms with Crippen LogP contribution >= 0.6 is 0 Å². The molecule has 1 amide bonds. The fraction of sp³-hybridized carbons (Fsp3) is 0.100. The van der Waals surface area contributed by atoms with Crippen LogP contribution in [0.3, 0.4) is 0 Å². The Hall–Kier alpha value is -2.49. The molecule has 0 atom stereocenters. The van der Waals surface area contributed by atoms with Gasteiger partial charge in [-0.3, -0.25) is 4.79 Å². The molecule has 5 nitrogen and oxygen atoms in total. The topological polar surface area (TPSA) is 90.2 Å². The Morgan fingerprint density at radius 1 is 1.35 bits per heavy atom. The number of nitriles is 1. The molecular weight excluding hydrogens is 234 g/mol. The van der Waals surface area contributed by atoms with Gasteiger partial charge in [-0.2, -0.15) is 5.26 Å². The van der Waals surface area contributed by atoms with Gasteiger partial charge in [0.15, 0.2) is 0 Å². The molecule has 0 spiro atoms. The number of nitrogens with zero attached hydrogens (tertiary/aromatic N) is 1. The molecule has 1 aromatic rings. The Kier molecular flexibility index (Phi) is 3.72. The molecule has 2 N–H and O–H groups in total. The molecule has 0 heterocycles. The van der Waals surface area contributed by atoms with Crippen molar-refractivity contribution in [2.45, 2.75) is 6.42 Å². The second-order valence-electron chi connectivity index (χ2n) is 2.97. The maximum Gasteiger partial charge on any atom is 0.340 e. The van der Waals surface area contributed by atoms with Crippen LogP contribution in [0.2, 0.25) is 0 Å². The summed E-state index contributed by atoms with van der Waals surface area (Å²) in [6.07, 6.45) is -0.588. The quantitative estimate of drug-likeness (QED) is 0.837. The summed E-state index contributed by atoms with van der Waals surface area (Å²) in [5.74, 6) is -4.89. The molecule has 0 aliphatic heterocycles. The number of anilines is 1. The second kappa shape index (κ2) is 5.03. The third kappa shape index (κ3) is 2.75. The van der Waals surface area contributed by atoms with E-state index in [9.17, 15) is 18.4 Å². The Morgan fingerprint density at radius 2 is 1.94 bits per heavy atom. The SMILES string of the molecule is N#CCC(=O)Nc1c(F)ccc(F)c1C(=O)O. The lowest BCUT2D eigenvalue weighted by Gasteiger charge is -2.08. The Balaban J connectivity index is 3.22. The molecule has 7 heteroatoms. The predicted molar refractivity (Wildman–Crippen MR) is 52.2 cm³/mol. The number of carbonyl (C=O) groups is 2. The van der Waals surface area contributed by atoms with E-state index in [1.165, 1.54) is 6.07 Å². The van der Waals surface area contributed by atoms with E-state index >= 15 is 0 Å². The van der Waals surface area contributed by atoms with Gasteiger partial charge in [-0.1, -0.05) is 0 Å². The van der Waals surface area contributed by atoms with Crippen molar-refractivity contribution in [1.29, 1.82) is 5.26 Å². The molecular formula is C10H6F2N2O3. The first-order chi connectivity index (χ1) is 7.97. The molecule has 0 aliphatic carbocycles. The first-order valence-electron chi connectivity index (χ1n) is 4.35. The summed E-state index contributed by atoms with van der Waals surface area (Å²) >= 11 is 0. The van der Waals surface area contributed by atoms with Gasteiger partial charge in [0, 0.05) is 0 Å². The normalized spacial score (nSPS) is 9.47. The molecule has 1 aromatic carbocycles. The van der Waals surface area contributed by atoms with Gasteiger partial charge in [-0.25, -0.2) is 13.6 Å². The zero-order valence-electron chi connectivity index (χ0n) is 8.33. The molecule has 0 unspecified atom stereocenters. The van der Waals surface area contributed by atoms with E-state index in [2.05, 4.69) is 0 Å². The summed E-state index contributed by atoms with van der Waals surface area (Å²) in [6, 6.07) is 2.82. The smallest absolute Gasteiger partial charge is 0.340 e. The van der Waals surface area contributed by atoms with E-state index in [0.29, 0.717) is 12.1 Å². The fourth-order valence-corrected chi connectivity index (χ4v) is 1.14. The van der Waals surface area contributed by atoms with E-state index in [1.807, 2.05) is 5.32 Å². The first-order valence-corrected chi connectivity index (χ1v) is 4.35. The molecule has 0 aliphatic rings. The Labute approximate surface area is 94.3 Å². The van der Waals surface area contributed by atoms with Gasteiger partial charge in [0.1, 0.15) is 23.6 Å². The highest BCUT2D eigenvalue weighted by molar-refractivity contribution is 6.01. The van der Waals surface area contributed by atoms with Crippen molar-refractivity contribution in [2.75, 3.05) is 5.32 Å². The van der Waals surface area contributed by atoms with Crippen LogP contribution in [-0.2, 0) is 4.79 Å². The average Bonchev–Trinajstić information content (AvgIpc) is 2.23. The van der Waals surface area contributed by atoms with E-state index in [0.717, 1.165) is 0 Å². The summed E-state index contributed by atoms with van der Waals surface area (Å²) in [7, 11) is 0. The standard InChI is InChI=1S/C10H6F2N2O3/c11-5-1-2-6(12)9(8(5)10(16)17)14-7(15)3-4-13/h1-2H,3H2,(H,14,15)(H,16,17). The van der Waals surface area contributed by atoms with Gasteiger partial charge in [0.25, 0.3) is 0 Å². The zero-order valence-corrected chi connectivity index (χ0v) is 8.33. The van der Waals surface area contributed by atoms with Crippen LogP contribution in [0.1, 0.15) is 16.8 Å². The van der Waals surface area contributed by atoms with Crippen molar-refractivity contribution in [3.05, 3.63) is 29.3 Å². The van der Waals surface area contributed by atoms with Crippen LogP contribution in [0.4, 0.5) is 14.5 Å². The van der Waals surface area contributed by atoms with Gasteiger partial charge in [-0.15, -0.1) is 0 Å². The van der Waals surface area contributed by atoms with Gasteiger partial charge >= 0.3 is 5.97 Å². The third-order valence-corrected chi connectivity index (χ3v) is 1.82. The van der Waals surface area contributed by atoms with E-state index in [4.69, 9.17) is 10.4 Å². The summed E-state index contributed by atoms with van der Waals surface area (Å²) in [5, 5.41) is 18.8. The number of rotatable bonds is 3. The van der Waals surface area contributed by atoms with Crippen LogP contribution in [0, 0.1) is 23.0 Å². The molecule has 17 heavy (non-hydrogen) atoms. The molecule has 1 rings (SSSR count). The van der Waals surface area contributed by atoms with Crippen LogP contribution in [-0.4, -0.2) is 17.0 Å². The number of halogens is 2. The maximum absolute atomic E-state index is 13.3. The molecule has 0 aromatic heterocycles. The van der Waals surface area contributed by atoms with Gasteiger partial charge in [-0.05, 0) is 12.1 Å². The molecule has 0 saturated heterocycles. The van der Waals surface area contributed by atoms with Crippen LogP contribution in [0.25, 0.3) is 0 Å². The minimum atomic E-state index is -1.71. The van der Waals surface area contributed by atoms with Gasteiger partial charge < -0.3 is 10.4 Å². The predicted octanol–water partition coefficient (Wildman–Crippen LogP) is 1.52. The van der Waals surface area contributed by atoms with Gasteiger partial charge in [0.2, 0.25) is 5.91 Å².